The van der Waals surface area contributed by atoms with E-state index in [4.69, 9.17) is 0 Å². The number of carbonyl (C=O) groups is 1. The van der Waals surface area contributed by atoms with E-state index in [0.29, 0.717) is 0 Å². The molecule has 82 valence electrons. The van der Waals surface area contributed by atoms with Crippen LogP contribution in [0.2, 0.25) is 0 Å². The van der Waals surface area contributed by atoms with Crippen LogP contribution in [0.1, 0.15) is 18.5 Å². The largest absolute Gasteiger partial charge is 0.355 e. The highest BCUT2D eigenvalue weighted by molar-refractivity contribution is 5.82. The Labute approximate surface area is 89.7 Å². The maximum absolute atomic E-state index is 11.5. The number of nitrogens with one attached hydrogen (secondary N) is 2. The molecule has 0 aromatic carbocycles. The van der Waals surface area contributed by atoms with Gasteiger partial charge in [-0.05, 0) is 25.0 Å². The molecule has 1 aliphatic rings. The van der Waals surface area contributed by atoms with Gasteiger partial charge in [0.2, 0.25) is 5.91 Å². The van der Waals surface area contributed by atoms with E-state index in [-0.39, 0.29) is 11.9 Å². The predicted molar refractivity (Wildman–Crippen MR) is 58.3 cm³/mol. The highest BCUT2D eigenvalue weighted by Crippen LogP contribution is 2.05. The Kier molecular flexibility index (Phi) is 3.06. The van der Waals surface area contributed by atoms with Crippen molar-refractivity contribution in [1.82, 2.24) is 15.2 Å². The zero-order valence-electron chi connectivity index (χ0n) is 8.99. The van der Waals surface area contributed by atoms with E-state index >= 15 is 0 Å². The number of amides is 1. The fourth-order valence-electron chi connectivity index (χ4n) is 1.87. The summed E-state index contributed by atoms with van der Waals surface area (Å²) in [6, 6.07) is 4.06. The topological polar surface area (TPSA) is 46.1 Å². The van der Waals surface area contributed by atoms with Gasteiger partial charge in [-0.25, -0.2) is 0 Å². The van der Waals surface area contributed by atoms with Crippen molar-refractivity contribution in [3.05, 3.63) is 24.0 Å². The molecule has 1 aromatic rings. The molecule has 0 bridgehead atoms. The van der Waals surface area contributed by atoms with E-state index in [1.807, 2.05) is 19.3 Å². The summed E-state index contributed by atoms with van der Waals surface area (Å²) in [5.41, 5.74) is 1.20. The SMILES string of the molecule is Cn1cccc1CNC1CCCNC1=O. The van der Waals surface area contributed by atoms with E-state index in [1.165, 1.54) is 5.69 Å². The molecule has 2 rings (SSSR count). The molecule has 0 aliphatic carbocycles. The number of rotatable bonds is 3. The van der Waals surface area contributed by atoms with Crippen molar-refractivity contribution in [2.75, 3.05) is 6.54 Å². The lowest BCUT2D eigenvalue weighted by molar-refractivity contribution is -0.124. The number of hydrogen-bond acceptors (Lipinski definition) is 2. The third-order valence-electron chi connectivity index (χ3n) is 2.87. The quantitative estimate of drug-likeness (QED) is 0.753. The van der Waals surface area contributed by atoms with Crippen LogP contribution >= 0.6 is 0 Å². The lowest BCUT2D eigenvalue weighted by Gasteiger charge is -2.22. The van der Waals surface area contributed by atoms with Crippen LogP contribution in [0, 0.1) is 0 Å². The van der Waals surface area contributed by atoms with Gasteiger partial charge in [0.15, 0.2) is 0 Å². The van der Waals surface area contributed by atoms with Gasteiger partial charge in [-0.2, -0.15) is 0 Å². The molecule has 1 atom stereocenters. The van der Waals surface area contributed by atoms with Gasteiger partial charge in [0, 0.05) is 32.0 Å². The monoisotopic (exact) mass is 207 g/mol. The summed E-state index contributed by atoms with van der Waals surface area (Å²) in [4.78, 5) is 11.5. The van der Waals surface area contributed by atoms with Crippen molar-refractivity contribution >= 4 is 5.91 Å². The van der Waals surface area contributed by atoms with Crippen molar-refractivity contribution < 1.29 is 4.79 Å². The first kappa shape index (κ1) is 10.2. The molecule has 1 fully saturated rings. The minimum absolute atomic E-state index is 0.0198. The third-order valence-corrected chi connectivity index (χ3v) is 2.87. The molecule has 4 nitrogen and oxygen atoms in total. The highest BCUT2D eigenvalue weighted by Gasteiger charge is 2.20. The van der Waals surface area contributed by atoms with Crippen LogP contribution in [0.5, 0.6) is 0 Å². The van der Waals surface area contributed by atoms with E-state index in [2.05, 4.69) is 21.3 Å². The molecule has 15 heavy (non-hydrogen) atoms. The molecular weight excluding hydrogens is 190 g/mol. The van der Waals surface area contributed by atoms with Crippen LogP contribution in [0.3, 0.4) is 0 Å². The van der Waals surface area contributed by atoms with Crippen LogP contribution in [-0.2, 0) is 18.4 Å². The molecule has 1 amide bonds. The molecule has 2 heterocycles. The lowest BCUT2D eigenvalue weighted by Crippen LogP contribution is -2.48. The molecule has 1 aromatic heterocycles. The number of hydrogen-bond donors (Lipinski definition) is 2. The summed E-state index contributed by atoms with van der Waals surface area (Å²) in [6.45, 7) is 1.57. The van der Waals surface area contributed by atoms with Crippen LogP contribution in [0.15, 0.2) is 18.3 Å². The maximum Gasteiger partial charge on any atom is 0.237 e. The first-order valence-corrected chi connectivity index (χ1v) is 5.38. The third kappa shape index (κ3) is 2.39. The smallest absolute Gasteiger partial charge is 0.237 e. The molecule has 1 saturated heterocycles. The zero-order chi connectivity index (χ0) is 10.7. The first-order valence-electron chi connectivity index (χ1n) is 5.38. The molecule has 0 saturated carbocycles. The summed E-state index contributed by atoms with van der Waals surface area (Å²) in [7, 11) is 2.01. The number of aryl methyl sites for hydroxylation is 1. The van der Waals surface area contributed by atoms with Crippen molar-refractivity contribution in [2.24, 2.45) is 7.05 Å². The number of piperidine rings is 1. The Morgan fingerprint density at radius 2 is 2.53 bits per heavy atom. The number of aromatic nitrogens is 1. The average molecular weight is 207 g/mol. The molecular formula is C11H17N3O. The van der Waals surface area contributed by atoms with Gasteiger partial charge >= 0.3 is 0 Å². The Bertz CT molecular complexity index is 345. The normalized spacial score (nSPS) is 21.4. The second-order valence-electron chi connectivity index (χ2n) is 3.98. The van der Waals surface area contributed by atoms with E-state index in [0.717, 1.165) is 25.9 Å². The van der Waals surface area contributed by atoms with Crippen LogP contribution in [0.4, 0.5) is 0 Å². The van der Waals surface area contributed by atoms with Gasteiger partial charge in [0.05, 0.1) is 6.04 Å². The maximum atomic E-state index is 11.5. The minimum Gasteiger partial charge on any atom is -0.355 e. The second kappa shape index (κ2) is 4.49. The standard InChI is InChI=1S/C11H17N3O/c1-14-7-3-4-9(14)8-13-10-5-2-6-12-11(10)15/h3-4,7,10,13H,2,5-6,8H2,1H3,(H,12,15). The minimum atomic E-state index is -0.0198. The number of carbonyl (C=O) groups excluding carboxylic acids is 1. The van der Waals surface area contributed by atoms with Gasteiger partial charge in [0.1, 0.15) is 0 Å². The van der Waals surface area contributed by atoms with Crippen LogP contribution < -0.4 is 10.6 Å². The number of nitrogens with zero attached hydrogens (tertiary/aromatic N) is 1. The van der Waals surface area contributed by atoms with Gasteiger partial charge in [-0.3, -0.25) is 4.79 Å². The van der Waals surface area contributed by atoms with E-state index < -0.39 is 0 Å². The Balaban J connectivity index is 1.87. The Morgan fingerprint density at radius 1 is 1.67 bits per heavy atom. The fraction of sp³-hybridized carbons (Fsp3) is 0.545. The highest BCUT2D eigenvalue weighted by atomic mass is 16.2. The predicted octanol–water partition coefficient (Wildman–Crippen LogP) is 0.393. The molecule has 4 heteroatoms. The van der Waals surface area contributed by atoms with Crippen molar-refractivity contribution in [2.45, 2.75) is 25.4 Å². The summed E-state index contributed by atoms with van der Waals surface area (Å²) in [5, 5.41) is 6.15. The van der Waals surface area contributed by atoms with E-state index in [1.54, 1.807) is 0 Å². The lowest BCUT2D eigenvalue weighted by atomic mass is 10.1. The van der Waals surface area contributed by atoms with Gasteiger partial charge in [-0.1, -0.05) is 0 Å². The second-order valence-corrected chi connectivity index (χ2v) is 3.98. The van der Waals surface area contributed by atoms with Crippen LogP contribution in [0.25, 0.3) is 0 Å². The van der Waals surface area contributed by atoms with Crippen molar-refractivity contribution in [1.29, 1.82) is 0 Å². The molecule has 2 N–H and O–H groups in total. The van der Waals surface area contributed by atoms with Gasteiger partial charge in [-0.15, -0.1) is 0 Å². The molecule has 1 unspecified atom stereocenters. The summed E-state index contributed by atoms with van der Waals surface area (Å²) < 4.78 is 2.06. The van der Waals surface area contributed by atoms with Crippen LogP contribution in [-0.4, -0.2) is 23.1 Å². The Hall–Kier alpha value is -1.29. The summed E-state index contributed by atoms with van der Waals surface area (Å²) in [6.07, 6.45) is 4.02. The van der Waals surface area contributed by atoms with Gasteiger partial charge in [0.25, 0.3) is 0 Å². The van der Waals surface area contributed by atoms with Gasteiger partial charge < -0.3 is 15.2 Å². The van der Waals surface area contributed by atoms with E-state index in [9.17, 15) is 4.79 Å². The summed E-state index contributed by atoms with van der Waals surface area (Å²) >= 11 is 0. The average Bonchev–Trinajstić information content (AvgIpc) is 2.63. The van der Waals surface area contributed by atoms with Crippen molar-refractivity contribution in [3.8, 4) is 0 Å². The molecule has 0 spiro atoms. The summed E-state index contributed by atoms with van der Waals surface area (Å²) in [5.74, 6) is 0.135. The fourth-order valence-corrected chi connectivity index (χ4v) is 1.87. The first-order chi connectivity index (χ1) is 7.27. The van der Waals surface area contributed by atoms with Crippen molar-refractivity contribution in [3.63, 3.8) is 0 Å². The molecule has 1 aliphatic heterocycles. The Morgan fingerprint density at radius 3 is 3.20 bits per heavy atom. The molecule has 0 radical (unpaired) electrons. The zero-order valence-corrected chi connectivity index (χ0v) is 8.99.